The number of aryl methyl sites for hydroxylation is 1. The molecular weight excluding hydrogens is 238 g/mol. The van der Waals surface area contributed by atoms with Crippen molar-refractivity contribution in [3.05, 3.63) is 53.6 Å². The van der Waals surface area contributed by atoms with Gasteiger partial charge in [-0.1, -0.05) is 24.3 Å². The Bertz CT molecular complexity index is 550. The van der Waals surface area contributed by atoms with Gasteiger partial charge < -0.3 is 14.6 Å². The van der Waals surface area contributed by atoms with Gasteiger partial charge in [0.25, 0.3) is 0 Å². The lowest BCUT2D eigenvalue weighted by atomic mass is 9.99. The van der Waals surface area contributed by atoms with Crippen LogP contribution < -0.4 is 5.32 Å². The first-order chi connectivity index (χ1) is 9.34. The highest BCUT2D eigenvalue weighted by molar-refractivity contribution is 5.31. The van der Waals surface area contributed by atoms with Gasteiger partial charge in [-0.15, -0.1) is 0 Å². The minimum absolute atomic E-state index is 0.296. The lowest BCUT2D eigenvalue weighted by molar-refractivity contribution is 0.0823. The van der Waals surface area contributed by atoms with E-state index in [0.717, 1.165) is 32.0 Å². The molecule has 0 fully saturated rings. The second-order valence-electron chi connectivity index (χ2n) is 4.93. The van der Waals surface area contributed by atoms with E-state index in [1.165, 1.54) is 11.1 Å². The molecule has 4 nitrogen and oxygen atoms in total. The zero-order valence-corrected chi connectivity index (χ0v) is 11.2. The predicted octanol–water partition coefficient (Wildman–Crippen LogP) is 1.82. The van der Waals surface area contributed by atoms with Crippen LogP contribution in [0.25, 0.3) is 0 Å². The average molecular weight is 257 g/mol. The van der Waals surface area contributed by atoms with E-state index in [1.54, 1.807) is 0 Å². The van der Waals surface area contributed by atoms with Crippen molar-refractivity contribution in [3.8, 4) is 0 Å². The first-order valence-corrected chi connectivity index (χ1v) is 6.70. The van der Waals surface area contributed by atoms with Gasteiger partial charge in [0.2, 0.25) is 0 Å². The number of nitrogens with one attached hydrogen (secondary N) is 1. The number of nitrogens with zero attached hydrogens (tertiary/aromatic N) is 2. The van der Waals surface area contributed by atoms with Gasteiger partial charge in [-0.2, -0.15) is 0 Å². The van der Waals surface area contributed by atoms with Crippen LogP contribution in [-0.4, -0.2) is 22.7 Å². The van der Waals surface area contributed by atoms with Crippen LogP contribution in [0.1, 0.15) is 23.0 Å². The molecule has 100 valence electrons. The molecule has 1 unspecified atom stereocenters. The molecule has 1 aliphatic rings. The smallest absolute Gasteiger partial charge is 0.109 e. The SMILES string of the molecule is Cn1ccnc1CCNC1COCc2ccccc21. The second-order valence-corrected chi connectivity index (χ2v) is 4.93. The summed E-state index contributed by atoms with van der Waals surface area (Å²) in [6.45, 7) is 2.39. The zero-order chi connectivity index (χ0) is 13.1. The minimum Gasteiger partial charge on any atom is -0.375 e. The largest absolute Gasteiger partial charge is 0.375 e. The van der Waals surface area contributed by atoms with Gasteiger partial charge in [-0.25, -0.2) is 4.98 Å². The lowest BCUT2D eigenvalue weighted by Gasteiger charge is -2.26. The van der Waals surface area contributed by atoms with Crippen LogP contribution in [0.15, 0.2) is 36.7 Å². The maximum atomic E-state index is 5.64. The van der Waals surface area contributed by atoms with Gasteiger partial charge in [-0.05, 0) is 11.1 Å². The van der Waals surface area contributed by atoms with E-state index in [1.807, 2.05) is 19.4 Å². The Morgan fingerprint density at radius 2 is 2.32 bits per heavy atom. The molecule has 1 aromatic carbocycles. The highest BCUT2D eigenvalue weighted by Gasteiger charge is 2.19. The van der Waals surface area contributed by atoms with Crippen molar-refractivity contribution < 1.29 is 4.74 Å². The molecule has 19 heavy (non-hydrogen) atoms. The van der Waals surface area contributed by atoms with E-state index >= 15 is 0 Å². The fourth-order valence-electron chi connectivity index (χ4n) is 2.55. The topological polar surface area (TPSA) is 39.1 Å². The summed E-state index contributed by atoms with van der Waals surface area (Å²) in [6.07, 6.45) is 4.75. The third-order valence-electron chi connectivity index (χ3n) is 3.63. The standard InChI is InChI=1S/C15H19N3O/c1-18-9-8-17-15(18)6-7-16-14-11-19-10-12-4-2-3-5-13(12)14/h2-5,8-9,14,16H,6-7,10-11H2,1H3. The van der Waals surface area contributed by atoms with Crippen LogP contribution >= 0.6 is 0 Å². The van der Waals surface area contributed by atoms with Crippen LogP contribution in [-0.2, 0) is 24.8 Å². The summed E-state index contributed by atoms with van der Waals surface area (Å²) < 4.78 is 7.70. The molecule has 1 atom stereocenters. The third-order valence-corrected chi connectivity index (χ3v) is 3.63. The van der Waals surface area contributed by atoms with Crippen molar-refractivity contribution in [2.75, 3.05) is 13.2 Å². The fraction of sp³-hybridized carbons (Fsp3) is 0.400. The number of hydrogen-bond acceptors (Lipinski definition) is 3. The third kappa shape index (κ3) is 2.69. The van der Waals surface area contributed by atoms with E-state index in [2.05, 4.69) is 39.1 Å². The number of imidazole rings is 1. The van der Waals surface area contributed by atoms with E-state index in [-0.39, 0.29) is 0 Å². The molecule has 2 aromatic rings. The molecule has 4 heteroatoms. The highest BCUT2D eigenvalue weighted by Crippen LogP contribution is 2.24. The van der Waals surface area contributed by atoms with Gasteiger partial charge >= 0.3 is 0 Å². The first-order valence-electron chi connectivity index (χ1n) is 6.70. The fourth-order valence-corrected chi connectivity index (χ4v) is 2.55. The van der Waals surface area contributed by atoms with E-state index in [9.17, 15) is 0 Å². The van der Waals surface area contributed by atoms with Crippen molar-refractivity contribution in [3.63, 3.8) is 0 Å². The van der Waals surface area contributed by atoms with Gasteiger partial charge in [0.1, 0.15) is 5.82 Å². The number of rotatable bonds is 4. The number of fused-ring (bicyclic) bond motifs is 1. The normalized spacial score (nSPS) is 18.3. The Labute approximate surface area is 113 Å². The molecule has 3 rings (SSSR count). The Morgan fingerprint density at radius 1 is 1.42 bits per heavy atom. The van der Waals surface area contributed by atoms with Crippen LogP contribution in [0.5, 0.6) is 0 Å². The molecule has 1 aromatic heterocycles. The van der Waals surface area contributed by atoms with Crippen molar-refractivity contribution in [2.24, 2.45) is 7.05 Å². The monoisotopic (exact) mass is 257 g/mol. The summed E-state index contributed by atoms with van der Waals surface area (Å²) in [7, 11) is 2.03. The molecule has 0 radical (unpaired) electrons. The van der Waals surface area contributed by atoms with Crippen molar-refractivity contribution in [2.45, 2.75) is 19.1 Å². The summed E-state index contributed by atoms with van der Waals surface area (Å²) >= 11 is 0. The Morgan fingerprint density at radius 3 is 3.16 bits per heavy atom. The lowest BCUT2D eigenvalue weighted by Crippen LogP contribution is -2.31. The molecule has 0 saturated heterocycles. The van der Waals surface area contributed by atoms with Gasteiger partial charge in [0.05, 0.1) is 19.3 Å². The minimum atomic E-state index is 0.296. The number of aromatic nitrogens is 2. The van der Waals surface area contributed by atoms with E-state index in [0.29, 0.717) is 6.04 Å². The quantitative estimate of drug-likeness (QED) is 0.908. The first kappa shape index (κ1) is 12.4. The van der Waals surface area contributed by atoms with Crippen molar-refractivity contribution in [1.82, 2.24) is 14.9 Å². The highest BCUT2D eigenvalue weighted by atomic mass is 16.5. The Kier molecular flexibility index (Phi) is 3.62. The molecular formula is C15H19N3O. The van der Waals surface area contributed by atoms with Crippen LogP contribution in [0, 0.1) is 0 Å². The van der Waals surface area contributed by atoms with E-state index in [4.69, 9.17) is 4.74 Å². The number of ether oxygens (including phenoxy) is 1. The van der Waals surface area contributed by atoms with Gasteiger partial charge in [0, 0.05) is 32.4 Å². The maximum Gasteiger partial charge on any atom is 0.109 e. The molecule has 1 aliphatic heterocycles. The molecule has 0 amide bonds. The predicted molar refractivity (Wildman–Crippen MR) is 73.8 cm³/mol. The summed E-state index contributed by atoms with van der Waals surface area (Å²) in [4.78, 5) is 4.33. The van der Waals surface area contributed by atoms with E-state index < -0.39 is 0 Å². The number of hydrogen-bond donors (Lipinski definition) is 1. The number of benzene rings is 1. The Balaban J connectivity index is 1.61. The van der Waals surface area contributed by atoms with Crippen molar-refractivity contribution in [1.29, 1.82) is 0 Å². The summed E-state index contributed by atoms with van der Waals surface area (Å²) in [5.74, 6) is 1.11. The average Bonchev–Trinajstić information content (AvgIpc) is 2.85. The van der Waals surface area contributed by atoms with Crippen LogP contribution in [0.3, 0.4) is 0 Å². The van der Waals surface area contributed by atoms with Gasteiger partial charge in [0.15, 0.2) is 0 Å². The Hall–Kier alpha value is -1.65. The van der Waals surface area contributed by atoms with Crippen LogP contribution in [0.4, 0.5) is 0 Å². The van der Waals surface area contributed by atoms with Crippen LogP contribution in [0.2, 0.25) is 0 Å². The molecule has 2 heterocycles. The molecule has 0 saturated carbocycles. The van der Waals surface area contributed by atoms with Gasteiger partial charge in [-0.3, -0.25) is 0 Å². The molecule has 0 aliphatic carbocycles. The summed E-state index contributed by atoms with van der Waals surface area (Å²) in [5, 5.41) is 3.56. The maximum absolute atomic E-state index is 5.64. The zero-order valence-electron chi connectivity index (χ0n) is 11.2. The molecule has 0 bridgehead atoms. The van der Waals surface area contributed by atoms with Crippen molar-refractivity contribution >= 4 is 0 Å². The molecule has 1 N–H and O–H groups in total. The molecule has 0 spiro atoms. The summed E-state index contributed by atoms with van der Waals surface area (Å²) in [5.41, 5.74) is 2.66. The second kappa shape index (κ2) is 5.55. The summed E-state index contributed by atoms with van der Waals surface area (Å²) in [6, 6.07) is 8.79.